The number of carboxylic acids is 1. The van der Waals surface area contributed by atoms with Crippen molar-refractivity contribution in [2.45, 2.75) is 26.3 Å². The fourth-order valence-electron chi connectivity index (χ4n) is 1.63. The summed E-state index contributed by atoms with van der Waals surface area (Å²) in [6.07, 6.45) is 3.70. The number of aliphatic carboxylic acids is 1. The third-order valence-electron chi connectivity index (χ3n) is 2.62. The molecule has 1 aromatic carbocycles. The van der Waals surface area contributed by atoms with Crippen molar-refractivity contribution >= 4 is 11.9 Å². The minimum absolute atomic E-state index is 0.253. The smallest absolute Gasteiger partial charge is 0.326 e. The molecule has 0 saturated carbocycles. The first kappa shape index (κ1) is 15.8. The number of hydrogen-bond acceptors (Lipinski definition) is 3. The Bertz CT molecular complexity index is 496. The van der Waals surface area contributed by atoms with Gasteiger partial charge in [-0.2, -0.15) is 0 Å². The number of hydrogen-bond donors (Lipinski definition) is 2. The first-order valence-corrected chi connectivity index (χ1v) is 6.46. The average molecular weight is 277 g/mol. The zero-order valence-corrected chi connectivity index (χ0v) is 11.6. The quantitative estimate of drug-likeness (QED) is 0.749. The molecule has 5 nitrogen and oxygen atoms in total. The van der Waals surface area contributed by atoms with E-state index in [1.807, 2.05) is 6.92 Å². The van der Waals surface area contributed by atoms with Crippen molar-refractivity contribution in [2.75, 3.05) is 6.61 Å². The lowest BCUT2D eigenvalue weighted by Crippen LogP contribution is -2.40. The Morgan fingerprint density at radius 1 is 1.45 bits per heavy atom. The lowest BCUT2D eigenvalue weighted by atomic mass is 10.1. The lowest BCUT2D eigenvalue weighted by molar-refractivity contribution is -0.139. The molecule has 1 atom stereocenters. The fraction of sp³-hybridized carbons (Fsp3) is 0.333. The molecule has 0 aliphatic heterocycles. The molecule has 0 radical (unpaired) electrons. The van der Waals surface area contributed by atoms with E-state index >= 15 is 0 Å². The summed E-state index contributed by atoms with van der Waals surface area (Å²) >= 11 is 0. The van der Waals surface area contributed by atoms with Gasteiger partial charge in [-0.15, -0.1) is 0 Å². The maximum Gasteiger partial charge on any atom is 0.326 e. The van der Waals surface area contributed by atoms with Crippen LogP contribution in [-0.2, 0) is 4.79 Å². The maximum absolute atomic E-state index is 12.0. The van der Waals surface area contributed by atoms with Gasteiger partial charge in [-0.1, -0.05) is 18.2 Å². The van der Waals surface area contributed by atoms with Gasteiger partial charge in [0.15, 0.2) is 0 Å². The van der Waals surface area contributed by atoms with Crippen molar-refractivity contribution in [1.29, 1.82) is 0 Å². The predicted molar refractivity (Wildman–Crippen MR) is 75.9 cm³/mol. The highest BCUT2D eigenvalue weighted by Gasteiger charge is 2.19. The molecule has 0 aliphatic carbocycles. The number of allylic oxidation sites excluding steroid dienone is 1. The number of carbonyl (C=O) groups is 2. The Balaban J connectivity index is 2.77. The van der Waals surface area contributed by atoms with Crippen LogP contribution in [0.15, 0.2) is 36.4 Å². The van der Waals surface area contributed by atoms with E-state index < -0.39 is 17.9 Å². The Morgan fingerprint density at radius 3 is 2.80 bits per heavy atom. The summed E-state index contributed by atoms with van der Waals surface area (Å²) in [4.78, 5) is 23.1. The van der Waals surface area contributed by atoms with Crippen molar-refractivity contribution in [3.63, 3.8) is 0 Å². The van der Waals surface area contributed by atoms with Crippen LogP contribution in [0.25, 0.3) is 0 Å². The van der Waals surface area contributed by atoms with Gasteiger partial charge in [0.2, 0.25) is 0 Å². The normalized spacial score (nSPS) is 12.1. The van der Waals surface area contributed by atoms with Gasteiger partial charge in [0.05, 0.1) is 6.61 Å². The molecule has 2 N–H and O–H groups in total. The maximum atomic E-state index is 12.0. The molecule has 0 aliphatic rings. The minimum Gasteiger partial charge on any atom is -0.494 e. The van der Waals surface area contributed by atoms with Gasteiger partial charge in [0.25, 0.3) is 5.91 Å². The number of ether oxygens (including phenoxy) is 1. The molecule has 1 rings (SSSR count). The van der Waals surface area contributed by atoms with Crippen molar-refractivity contribution in [2.24, 2.45) is 0 Å². The van der Waals surface area contributed by atoms with Gasteiger partial charge in [-0.05, 0) is 38.5 Å². The van der Waals surface area contributed by atoms with Gasteiger partial charge in [0.1, 0.15) is 11.8 Å². The first-order chi connectivity index (χ1) is 9.58. The topological polar surface area (TPSA) is 75.6 Å². The summed E-state index contributed by atoms with van der Waals surface area (Å²) in [5.74, 6) is -0.902. The molecule has 5 heteroatoms. The van der Waals surface area contributed by atoms with E-state index in [0.717, 1.165) is 0 Å². The molecule has 0 bridgehead atoms. The van der Waals surface area contributed by atoms with Crippen LogP contribution >= 0.6 is 0 Å². The number of amides is 1. The molecule has 108 valence electrons. The van der Waals surface area contributed by atoms with Crippen molar-refractivity contribution in [1.82, 2.24) is 5.32 Å². The van der Waals surface area contributed by atoms with E-state index in [1.54, 1.807) is 43.3 Å². The van der Waals surface area contributed by atoms with Crippen LogP contribution in [0, 0.1) is 0 Å². The Morgan fingerprint density at radius 2 is 2.20 bits per heavy atom. The van der Waals surface area contributed by atoms with E-state index in [2.05, 4.69) is 5.32 Å². The van der Waals surface area contributed by atoms with Crippen LogP contribution in [0.1, 0.15) is 30.6 Å². The molecule has 0 spiro atoms. The molecule has 0 fully saturated rings. The molecule has 20 heavy (non-hydrogen) atoms. The van der Waals surface area contributed by atoms with E-state index in [4.69, 9.17) is 9.84 Å². The predicted octanol–water partition coefficient (Wildman–Crippen LogP) is 2.23. The van der Waals surface area contributed by atoms with Crippen molar-refractivity contribution in [3.05, 3.63) is 42.0 Å². The zero-order chi connectivity index (χ0) is 15.0. The van der Waals surface area contributed by atoms with Gasteiger partial charge in [-0.3, -0.25) is 4.79 Å². The molecular weight excluding hydrogens is 258 g/mol. The number of carbonyl (C=O) groups excluding carboxylic acids is 1. The van der Waals surface area contributed by atoms with Crippen LogP contribution in [0.4, 0.5) is 0 Å². The third-order valence-corrected chi connectivity index (χ3v) is 2.62. The zero-order valence-electron chi connectivity index (χ0n) is 11.6. The molecule has 0 saturated heterocycles. The second-order valence-electron chi connectivity index (χ2n) is 4.13. The lowest BCUT2D eigenvalue weighted by Gasteiger charge is -2.13. The molecule has 1 unspecified atom stereocenters. The van der Waals surface area contributed by atoms with Crippen LogP contribution in [0.3, 0.4) is 0 Å². The van der Waals surface area contributed by atoms with E-state index in [1.165, 1.54) is 0 Å². The van der Waals surface area contributed by atoms with Crippen molar-refractivity contribution < 1.29 is 19.4 Å². The molecule has 0 heterocycles. The SMILES string of the molecule is C/C=C/CC(NC(=O)c1cccc(OCC)c1)C(=O)O. The summed E-state index contributed by atoms with van der Waals surface area (Å²) in [5, 5.41) is 11.6. The first-order valence-electron chi connectivity index (χ1n) is 6.46. The second-order valence-corrected chi connectivity index (χ2v) is 4.13. The minimum atomic E-state index is -1.06. The number of benzene rings is 1. The highest BCUT2D eigenvalue weighted by Crippen LogP contribution is 2.13. The van der Waals surface area contributed by atoms with Crippen LogP contribution in [0.5, 0.6) is 5.75 Å². The Kier molecular flexibility index (Phi) is 6.29. The van der Waals surface area contributed by atoms with Crippen LogP contribution in [0.2, 0.25) is 0 Å². The van der Waals surface area contributed by atoms with Gasteiger partial charge in [0, 0.05) is 5.56 Å². The Hall–Kier alpha value is -2.30. The number of nitrogens with one attached hydrogen (secondary N) is 1. The summed E-state index contributed by atoms with van der Waals surface area (Å²) in [6, 6.07) is 5.71. The number of carboxylic acid groups (broad SMARTS) is 1. The van der Waals surface area contributed by atoms with Gasteiger partial charge >= 0.3 is 5.97 Å². The van der Waals surface area contributed by atoms with Crippen LogP contribution < -0.4 is 10.1 Å². The Labute approximate surface area is 118 Å². The summed E-state index contributed by atoms with van der Waals surface area (Å²) in [7, 11) is 0. The monoisotopic (exact) mass is 277 g/mol. The van der Waals surface area contributed by atoms with E-state index in [0.29, 0.717) is 17.9 Å². The summed E-state index contributed by atoms with van der Waals surface area (Å²) in [5.41, 5.74) is 0.377. The fourth-order valence-corrected chi connectivity index (χ4v) is 1.63. The summed E-state index contributed by atoms with van der Waals surface area (Å²) in [6.45, 7) is 4.15. The molecule has 1 aromatic rings. The van der Waals surface area contributed by atoms with E-state index in [9.17, 15) is 9.59 Å². The largest absolute Gasteiger partial charge is 0.494 e. The van der Waals surface area contributed by atoms with Crippen LogP contribution in [-0.4, -0.2) is 29.6 Å². The summed E-state index contributed by atoms with van der Waals surface area (Å²) < 4.78 is 5.31. The third kappa shape index (κ3) is 4.76. The standard InChI is InChI=1S/C15H19NO4/c1-3-5-9-13(15(18)19)16-14(17)11-7-6-8-12(10-11)20-4-2/h3,5-8,10,13H,4,9H2,1-2H3,(H,16,17)(H,18,19)/b5-3+. The molecular formula is C15H19NO4. The van der Waals surface area contributed by atoms with Gasteiger partial charge < -0.3 is 15.2 Å². The second kappa shape index (κ2) is 7.99. The number of rotatable bonds is 7. The highest BCUT2D eigenvalue weighted by molar-refractivity contribution is 5.96. The van der Waals surface area contributed by atoms with Gasteiger partial charge in [-0.25, -0.2) is 4.79 Å². The molecule has 1 amide bonds. The van der Waals surface area contributed by atoms with Crippen molar-refractivity contribution in [3.8, 4) is 5.75 Å². The highest BCUT2D eigenvalue weighted by atomic mass is 16.5. The van der Waals surface area contributed by atoms with E-state index in [-0.39, 0.29) is 6.42 Å². The average Bonchev–Trinajstić information content (AvgIpc) is 2.43. The molecule has 0 aromatic heterocycles.